The zero-order chi connectivity index (χ0) is 20.8. The first-order valence-electron chi connectivity index (χ1n) is 10.5. The molecular weight excluding hydrogens is 398 g/mol. The molecule has 1 heterocycles. The van der Waals surface area contributed by atoms with E-state index in [1.807, 2.05) is 0 Å². The van der Waals surface area contributed by atoms with Crippen LogP contribution in [0.3, 0.4) is 0 Å². The third kappa shape index (κ3) is 3.24. The molecule has 4 aromatic rings. The standard InChI is InChI=1S/C28H26P2/c1-19-15-25-26(16-20(19)2)30(24-13-9-6-10-14-24)28-18-22(4)21(3)17-27(28)29(25)23-11-7-5-8-12-23/h5-18H,1-4H3. The molecule has 0 saturated carbocycles. The fourth-order valence-electron chi connectivity index (χ4n) is 4.26. The van der Waals surface area contributed by atoms with Gasteiger partial charge >= 0.3 is 0 Å². The Balaban J connectivity index is 1.88. The van der Waals surface area contributed by atoms with E-state index in [1.165, 1.54) is 32.9 Å². The van der Waals surface area contributed by atoms with Gasteiger partial charge in [-0.1, -0.05) is 84.9 Å². The Kier molecular flexibility index (Phi) is 5.10. The molecule has 0 atom stereocenters. The molecular formula is C28H26P2. The molecule has 0 nitrogen and oxygen atoms in total. The van der Waals surface area contributed by atoms with Gasteiger partial charge in [0.2, 0.25) is 0 Å². The van der Waals surface area contributed by atoms with Gasteiger partial charge in [-0.25, -0.2) is 0 Å². The van der Waals surface area contributed by atoms with Crippen LogP contribution in [-0.2, 0) is 0 Å². The highest BCUT2D eigenvalue weighted by atomic mass is 31.1. The maximum Gasteiger partial charge on any atom is -0.00645 e. The smallest absolute Gasteiger partial charge is 0.00645 e. The summed E-state index contributed by atoms with van der Waals surface area (Å²) in [6, 6.07) is 32.2. The van der Waals surface area contributed by atoms with Crippen molar-refractivity contribution in [2.45, 2.75) is 27.7 Å². The average molecular weight is 424 g/mol. The molecule has 148 valence electrons. The number of fused-ring (bicyclic) bond motifs is 2. The Morgan fingerprint density at radius 2 is 0.667 bits per heavy atom. The van der Waals surface area contributed by atoms with Crippen LogP contribution in [0.25, 0.3) is 0 Å². The van der Waals surface area contributed by atoms with E-state index >= 15 is 0 Å². The van der Waals surface area contributed by atoms with Crippen molar-refractivity contribution in [2.75, 3.05) is 0 Å². The molecule has 0 aliphatic carbocycles. The van der Waals surface area contributed by atoms with Gasteiger partial charge in [0.15, 0.2) is 0 Å². The van der Waals surface area contributed by atoms with Crippen LogP contribution in [0.15, 0.2) is 84.9 Å². The predicted octanol–water partition coefficient (Wildman–Crippen LogP) is 4.75. The molecule has 5 rings (SSSR count). The zero-order valence-corrected chi connectivity index (χ0v) is 19.8. The van der Waals surface area contributed by atoms with Gasteiger partial charge in [0.25, 0.3) is 0 Å². The van der Waals surface area contributed by atoms with Gasteiger partial charge in [-0.2, -0.15) is 0 Å². The van der Waals surface area contributed by atoms with Crippen molar-refractivity contribution in [3.05, 3.63) is 107 Å². The summed E-state index contributed by atoms with van der Waals surface area (Å²) in [4.78, 5) is 0. The third-order valence-electron chi connectivity index (χ3n) is 6.17. The SMILES string of the molecule is Cc1cc2c(cc1C)P(c1ccccc1)c1cc(C)c(C)cc1P2c1ccccc1. The molecule has 4 aromatic carbocycles. The van der Waals surface area contributed by atoms with Crippen LogP contribution in [0.5, 0.6) is 0 Å². The molecule has 0 N–H and O–H groups in total. The van der Waals surface area contributed by atoms with Crippen molar-refractivity contribution < 1.29 is 0 Å². The fraction of sp³-hybridized carbons (Fsp3) is 0.143. The lowest BCUT2D eigenvalue weighted by atomic mass is 10.1. The molecule has 0 aromatic heterocycles. The molecule has 0 amide bonds. The van der Waals surface area contributed by atoms with Gasteiger partial charge < -0.3 is 0 Å². The van der Waals surface area contributed by atoms with E-state index in [4.69, 9.17) is 0 Å². The normalized spacial score (nSPS) is 17.3. The summed E-state index contributed by atoms with van der Waals surface area (Å²) in [5.41, 5.74) is 5.58. The molecule has 0 spiro atoms. The molecule has 0 fully saturated rings. The Hall–Kier alpha value is -2.26. The molecule has 1 aliphatic rings. The second-order valence-electron chi connectivity index (χ2n) is 8.19. The monoisotopic (exact) mass is 424 g/mol. The van der Waals surface area contributed by atoms with E-state index in [9.17, 15) is 0 Å². The van der Waals surface area contributed by atoms with Gasteiger partial charge in [0, 0.05) is 0 Å². The van der Waals surface area contributed by atoms with Crippen LogP contribution in [-0.4, -0.2) is 0 Å². The zero-order valence-electron chi connectivity index (χ0n) is 18.0. The van der Waals surface area contributed by atoms with Crippen LogP contribution in [0.4, 0.5) is 0 Å². The van der Waals surface area contributed by atoms with Gasteiger partial charge in [-0.05, 0) is 97.6 Å². The van der Waals surface area contributed by atoms with Crippen LogP contribution in [0.1, 0.15) is 22.3 Å². The van der Waals surface area contributed by atoms with Crippen LogP contribution < -0.4 is 31.8 Å². The molecule has 2 heteroatoms. The lowest BCUT2D eigenvalue weighted by Gasteiger charge is -2.36. The number of aryl methyl sites for hydroxylation is 4. The second-order valence-corrected chi connectivity index (χ2v) is 12.5. The molecule has 30 heavy (non-hydrogen) atoms. The van der Waals surface area contributed by atoms with E-state index in [1.54, 1.807) is 21.2 Å². The predicted molar refractivity (Wildman–Crippen MR) is 136 cm³/mol. The van der Waals surface area contributed by atoms with Crippen molar-refractivity contribution in [3.8, 4) is 0 Å². The lowest BCUT2D eigenvalue weighted by Crippen LogP contribution is -2.45. The Morgan fingerprint density at radius 1 is 0.400 bits per heavy atom. The van der Waals surface area contributed by atoms with Gasteiger partial charge in [-0.15, -0.1) is 0 Å². The van der Waals surface area contributed by atoms with Gasteiger partial charge in [-0.3, -0.25) is 0 Å². The van der Waals surface area contributed by atoms with Crippen molar-refractivity contribution in [2.24, 2.45) is 0 Å². The van der Waals surface area contributed by atoms with Gasteiger partial charge in [0.1, 0.15) is 0 Å². The average Bonchev–Trinajstić information content (AvgIpc) is 2.76. The summed E-state index contributed by atoms with van der Waals surface area (Å²) in [5.74, 6) is 0. The van der Waals surface area contributed by atoms with Crippen molar-refractivity contribution in [3.63, 3.8) is 0 Å². The number of hydrogen-bond acceptors (Lipinski definition) is 0. The molecule has 0 unspecified atom stereocenters. The quantitative estimate of drug-likeness (QED) is 0.359. The fourth-order valence-corrected chi connectivity index (χ4v) is 10.5. The molecule has 0 radical (unpaired) electrons. The largest absolute Gasteiger partial charge is 0.0622 e. The highest BCUT2D eigenvalue weighted by Gasteiger charge is 2.34. The summed E-state index contributed by atoms with van der Waals surface area (Å²) in [6.07, 6.45) is 0. The minimum Gasteiger partial charge on any atom is -0.0622 e. The highest BCUT2D eigenvalue weighted by molar-refractivity contribution is 7.90. The first-order chi connectivity index (χ1) is 14.5. The Morgan fingerprint density at radius 3 is 0.933 bits per heavy atom. The van der Waals surface area contributed by atoms with E-state index in [0.717, 1.165) is 0 Å². The van der Waals surface area contributed by atoms with Crippen molar-refractivity contribution >= 4 is 47.7 Å². The number of benzene rings is 4. The van der Waals surface area contributed by atoms with Gasteiger partial charge in [0.05, 0.1) is 0 Å². The number of hydrogen-bond donors (Lipinski definition) is 0. The summed E-state index contributed by atoms with van der Waals surface area (Å²) < 4.78 is 0. The van der Waals surface area contributed by atoms with E-state index in [0.29, 0.717) is 0 Å². The van der Waals surface area contributed by atoms with E-state index < -0.39 is 15.8 Å². The summed E-state index contributed by atoms with van der Waals surface area (Å²) in [6.45, 7) is 9.03. The van der Waals surface area contributed by atoms with Crippen LogP contribution >= 0.6 is 15.8 Å². The molecule has 1 aliphatic heterocycles. The molecule has 0 bridgehead atoms. The number of rotatable bonds is 2. The summed E-state index contributed by atoms with van der Waals surface area (Å²) >= 11 is 0. The summed E-state index contributed by atoms with van der Waals surface area (Å²) in [7, 11) is -1.11. The Labute approximate surface area is 182 Å². The highest BCUT2D eigenvalue weighted by Crippen LogP contribution is 2.45. The maximum atomic E-state index is 2.49. The lowest BCUT2D eigenvalue weighted by molar-refractivity contribution is 1.36. The minimum atomic E-state index is -0.556. The van der Waals surface area contributed by atoms with Crippen molar-refractivity contribution in [1.82, 2.24) is 0 Å². The van der Waals surface area contributed by atoms with Crippen LogP contribution in [0, 0.1) is 27.7 Å². The third-order valence-corrected chi connectivity index (χ3v) is 11.6. The van der Waals surface area contributed by atoms with E-state index in [-0.39, 0.29) is 0 Å². The minimum absolute atomic E-state index is 0.556. The topological polar surface area (TPSA) is 0 Å². The molecule has 0 saturated heterocycles. The maximum absolute atomic E-state index is 2.49. The Bertz CT molecular complexity index is 1070. The first kappa shape index (κ1) is 19.7. The van der Waals surface area contributed by atoms with Crippen LogP contribution in [0.2, 0.25) is 0 Å². The van der Waals surface area contributed by atoms with Crippen molar-refractivity contribution in [1.29, 1.82) is 0 Å². The van der Waals surface area contributed by atoms with E-state index in [2.05, 4.69) is 113 Å². The summed E-state index contributed by atoms with van der Waals surface area (Å²) in [5, 5.41) is 9.08. The second kappa shape index (κ2) is 7.77. The first-order valence-corrected chi connectivity index (χ1v) is 13.2.